The van der Waals surface area contributed by atoms with Crippen LogP contribution in [0.15, 0.2) is 18.2 Å². The van der Waals surface area contributed by atoms with Gasteiger partial charge in [0.05, 0.1) is 24.8 Å². The molecule has 148 valence electrons. The first-order chi connectivity index (χ1) is 12.7. The molecule has 0 aliphatic heterocycles. The van der Waals surface area contributed by atoms with E-state index in [2.05, 4.69) is 5.10 Å². The van der Waals surface area contributed by atoms with Gasteiger partial charge in [-0.05, 0) is 45.0 Å². The van der Waals surface area contributed by atoms with Crippen LogP contribution in [0.2, 0.25) is 5.02 Å². The van der Waals surface area contributed by atoms with E-state index in [0.29, 0.717) is 25.2 Å². The quantitative estimate of drug-likeness (QED) is 0.679. The van der Waals surface area contributed by atoms with E-state index in [-0.39, 0.29) is 18.1 Å². The molecule has 3 N–H and O–H groups in total. The number of likely N-dealkylation sites (N-methyl/N-ethyl adjacent to an activating group) is 1. The number of hydrogen-bond acceptors (Lipinski definition) is 4. The van der Waals surface area contributed by atoms with Gasteiger partial charge in [0.2, 0.25) is 5.91 Å². The Kier molecular flexibility index (Phi) is 7.35. The van der Waals surface area contributed by atoms with Crippen molar-refractivity contribution >= 4 is 17.5 Å². The molecule has 27 heavy (non-hydrogen) atoms. The lowest BCUT2D eigenvalue weighted by molar-refractivity contribution is -0.119. The summed E-state index contributed by atoms with van der Waals surface area (Å²) < 4.78 is 15.1. The van der Waals surface area contributed by atoms with Gasteiger partial charge in [-0.3, -0.25) is 9.48 Å². The largest absolute Gasteiger partial charge is 0.395 e. The number of aromatic nitrogens is 2. The van der Waals surface area contributed by atoms with Gasteiger partial charge in [-0.2, -0.15) is 5.10 Å². The van der Waals surface area contributed by atoms with Crippen molar-refractivity contribution < 1.29 is 14.3 Å². The lowest BCUT2D eigenvalue weighted by Gasteiger charge is -2.17. The van der Waals surface area contributed by atoms with E-state index in [4.69, 9.17) is 22.4 Å². The van der Waals surface area contributed by atoms with Crippen LogP contribution in [-0.4, -0.2) is 52.4 Å². The standard InChI is InChI=1S/C19H26ClFN4O2/c1-12-18(13(2)25(23-12)7-6-24(3)8-9-26)16(19(22)27)10-14-4-5-15(21)11-17(14)20/h4-5,11,16,26H,6-10H2,1-3H3,(H2,22,27). The molecule has 0 aliphatic carbocycles. The Morgan fingerprint density at radius 3 is 2.70 bits per heavy atom. The minimum absolute atomic E-state index is 0.0983. The molecule has 0 bridgehead atoms. The third kappa shape index (κ3) is 5.28. The Morgan fingerprint density at radius 1 is 1.41 bits per heavy atom. The van der Waals surface area contributed by atoms with Crippen molar-refractivity contribution in [1.29, 1.82) is 0 Å². The van der Waals surface area contributed by atoms with Gasteiger partial charge in [0.15, 0.2) is 0 Å². The summed E-state index contributed by atoms with van der Waals surface area (Å²) in [7, 11) is 1.92. The molecule has 1 atom stereocenters. The fraction of sp³-hybridized carbons (Fsp3) is 0.474. The fourth-order valence-corrected chi connectivity index (χ4v) is 3.48. The molecule has 8 heteroatoms. The predicted molar refractivity (Wildman–Crippen MR) is 103 cm³/mol. The molecule has 1 unspecified atom stereocenters. The zero-order valence-corrected chi connectivity index (χ0v) is 16.6. The average Bonchev–Trinajstić information content (AvgIpc) is 2.86. The maximum Gasteiger partial charge on any atom is 0.225 e. The van der Waals surface area contributed by atoms with E-state index in [1.54, 1.807) is 6.07 Å². The van der Waals surface area contributed by atoms with Crippen LogP contribution >= 0.6 is 11.6 Å². The Bertz CT molecular complexity index is 809. The molecule has 1 amide bonds. The smallest absolute Gasteiger partial charge is 0.225 e. The molecule has 1 heterocycles. The number of carbonyl (C=O) groups is 1. The van der Waals surface area contributed by atoms with Crippen LogP contribution in [0.25, 0.3) is 0 Å². The number of aliphatic hydroxyl groups excluding tert-OH is 1. The maximum absolute atomic E-state index is 13.3. The first kappa shape index (κ1) is 21.3. The van der Waals surface area contributed by atoms with Crippen molar-refractivity contribution in [2.75, 3.05) is 26.7 Å². The second-order valence-electron chi connectivity index (χ2n) is 6.73. The summed E-state index contributed by atoms with van der Waals surface area (Å²) in [5.74, 6) is -1.50. The number of benzene rings is 1. The SMILES string of the molecule is Cc1nn(CCN(C)CCO)c(C)c1C(Cc1ccc(F)cc1Cl)C(N)=O. The molecule has 0 saturated heterocycles. The third-order valence-corrected chi connectivity index (χ3v) is 5.10. The summed E-state index contributed by atoms with van der Waals surface area (Å²) in [6.45, 7) is 5.78. The lowest BCUT2D eigenvalue weighted by atomic mass is 9.90. The summed E-state index contributed by atoms with van der Waals surface area (Å²) >= 11 is 6.13. The van der Waals surface area contributed by atoms with Gasteiger partial charge in [0.25, 0.3) is 0 Å². The number of nitrogens with two attached hydrogens (primary N) is 1. The summed E-state index contributed by atoms with van der Waals surface area (Å²) in [6, 6.07) is 4.13. The minimum Gasteiger partial charge on any atom is -0.395 e. The Labute approximate surface area is 163 Å². The second-order valence-corrected chi connectivity index (χ2v) is 7.14. The molecule has 0 aliphatic rings. The summed E-state index contributed by atoms with van der Waals surface area (Å²) in [6.07, 6.45) is 0.284. The molecule has 0 radical (unpaired) electrons. The van der Waals surface area contributed by atoms with Crippen LogP contribution in [0, 0.1) is 19.7 Å². The lowest BCUT2D eigenvalue weighted by Crippen LogP contribution is -2.27. The summed E-state index contributed by atoms with van der Waals surface area (Å²) in [5.41, 5.74) is 8.73. The Hall–Kier alpha value is -1.96. The van der Waals surface area contributed by atoms with Crippen LogP contribution in [0.1, 0.15) is 28.4 Å². The highest BCUT2D eigenvalue weighted by Gasteiger charge is 2.26. The highest BCUT2D eigenvalue weighted by Crippen LogP contribution is 2.29. The Balaban J connectivity index is 2.28. The fourth-order valence-electron chi connectivity index (χ4n) is 3.23. The molecule has 2 rings (SSSR count). The molecule has 1 aromatic carbocycles. The first-order valence-electron chi connectivity index (χ1n) is 8.81. The number of amides is 1. The Morgan fingerprint density at radius 2 is 2.11 bits per heavy atom. The van der Waals surface area contributed by atoms with Gasteiger partial charge in [-0.15, -0.1) is 0 Å². The van der Waals surface area contributed by atoms with Gasteiger partial charge < -0.3 is 15.7 Å². The van der Waals surface area contributed by atoms with Crippen molar-refractivity contribution in [3.63, 3.8) is 0 Å². The second kappa shape index (κ2) is 9.30. The predicted octanol–water partition coefficient (Wildman–Crippen LogP) is 2.03. The van der Waals surface area contributed by atoms with E-state index in [9.17, 15) is 9.18 Å². The van der Waals surface area contributed by atoms with Crippen LogP contribution < -0.4 is 5.73 Å². The number of halogens is 2. The van der Waals surface area contributed by atoms with Gasteiger partial charge in [-0.1, -0.05) is 17.7 Å². The van der Waals surface area contributed by atoms with Crippen molar-refractivity contribution in [3.8, 4) is 0 Å². The van der Waals surface area contributed by atoms with Crippen LogP contribution in [0.5, 0.6) is 0 Å². The van der Waals surface area contributed by atoms with Gasteiger partial charge in [0, 0.05) is 29.4 Å². The molecule has 0 fully saturated rings. The normalized spacial score (nSPS) is 12.6. The molecule has 0 saturated carbocycles. The number of nitrogens with zero attached hydrogens (tertiary/aromatic N) is 3. The zero-order valence-electron chi connectivity index (χ0n) is 15.9. The topological polar surface area (TPSA) is 84.4 Å². The van der Waals surface area contributed by atoms with Crippen LogP contribution in [0.4, 0.5) is 4.39 Å². The van der Waals surface area contributed by atoms with Gasteiger partial charge >= 0.3 is 0 Å². The number of rotatable bonds is 9. The van der Waals surface area contributed by atoms with Gasteiger partial charge in [-0.25, -0.2) is 4.39 Å². The summed E-state index contributed by atoms with van der Waals surface area (Å²) in [5, 5.41) is 13.8. The highest BCUT2D eigenvalue weighted by atomic mass is 35.5. The number of carbonyl (C=O) groups excluding carboxylic acids is 1. The maximum atomic E-state index is 13.3. The van der Waals surface area contributed by atoms with E-state index in [0.717, 1.165) is 17.0 Å². The van der Waals surface area contributed by atoms with E-state index in [1.165, 1.54) is 12.1 Å². The van der Waals surface area contributed by atoms with Crippen molar-refractivity contribution in [3.05, 3.63) is 51.6 Å². The van der Waals surface area contributed by atoms with E-state index >= 15 is 0 Å². The monoisotopic (exact) mass is 396 g/mol. The number of aliphatic hydroxyl groups is 1. The highest BCUT2D eigenvalue weighted by molar-refractivity contribution is 6.31. The molecule has 2 aromatic rings. The van der Waals surface area contributed by atoms with E-state index in [1.807, 2.05) is 30.5 Å². The van der Waals surface area contributed by atoms with Gasteiger partial charge in [0.1, 0.15) is 5.82 Å². The third-order valence-electron chi connectivity index (χ3n) is 4.74. The van der Waals surface area contributed by atoms with Crippen LogP contribution in [0.3, 0.4) is 0 Å². The van der Waals surface area contributed by atoms with Crippen molar-refractivity contribution in [2.24, 2.45) is 5.73 Å². The van der Waals surface area contributed by atoms with Crippen molar-refractivity contribution in [2.45, 2.75) is 32.7 Å². The number of primary amides is 1. The van der Waals surface area contributed by atoms with Crippen LogP contribution in [-0.2, 0) is 17.8 Å². The van der Waals surface area contributed by atoms with Crippen molar-refractivity contribution in [1.82, 2.24) is 14.7 Å². The molecule has 0 spiro atoms. The molecular weight excluding hydrogens is 371 g/mol. The zero-order chi connectivity index (χ0) is 20.1. The molecule has 6 nitrogen and oxygen atoms in total. The van der Waals surface area contributed by atoms with E-state index < -0.39 is 17.6 Å². The molecular formula is C19H26ClFN4O2. The average molecular weight is 397 g/mol. The minimum atomic E-state index is -0.600. The first-order valence-corrected chi connectivity index (χ1v) is 9.19. The summed E-state index contributed by atoms with van der Waals surface area (Å²) in [4.78, 5) is 14.2. The molecule has 1 aromatic heterocycles. The number of aryl methyl sites for hydroxylation is 1. The number of hydrogen-bond donors (Lipinski definition) is 2.